The Bertz CT molecular complexity index is 685. The Morgan fingerprint density at radius 1 is 1.07 bits per heavy atom. The van der Waals surface area contributed by atoms with E-state index >= 15 is 0 Å². The van der Waals surface area contributed by atoms with Crippen molar-refractivity contribution in [3.63, 3.8) is 0 Å². The predicted octanol–water partition coefficient (Wildman–Crippen LogP) is 2.67. The standard InChI is InChI=1S/C21H30F3N3O/c1-15(2)8-25-10-18-7-19(28)11-27(18)20(12-25)13-26(14-20)9-16-3-5-17(6-4-16)21(22,23)24/h3-6,15,18-19,28H,7-14H2,1-2H3. The molecule has 7 heteroatoms. The second-order valence-electron chi connectivity index (χ2n) is 9.35. The molecule has 1 aromatic carbocycles. The van der Waals surface area contributed by atoms with Crippen LogP contribution in [0.3, 0.4) is 0 Å². The molecule has 156 valence electrons. The van der Waals surface area contributed by atoms with Gasteiger partial charge < -0.3 is 5.11 Å². The molecular formula is C21H30F3N3O. The third-order valence-corrected chi connectivity index (χ3v) is 6.34. The van der Waals surface area contributed by atoms with Crippen molar-refractivity contribution in [2.45, 2.75) is 50.7 Å². The highest BCUT2D eigenvalue weighted by atomic mass is 19.4. The van der Waals surface area contributed by atoms with E-state index < -0.39 is 11.7 Å². The maximum absolute atomic E-state index is 12.7. The van der Waals surface area contributed by atoms with Crippen LogP contribution in [0.2, 0.25) is 0 Å². The topological polar surface area (TPSA) is 30.0 Å². The molecule has 0 radical (unpaired) electrons. The second kappa shape index (κ2) is 7.27. The SMILES string of the molecule is CC(C)CN1CC2CC(O)CN2C2(C1)CN(Cc1ccc(C(F)(F)F)cc1)C2. The summed E-state index contributed by atoms with van der Waals surface area (Å²) in [5.41, 5.74) is 0.388. The summed E-state index contributed by atoms with van der Waals surface area (Å²) in [4.78, 5) is 7.36. The normalized spacial score (nSPS) is 28.7. The van der Waals surface area contributed by atoms with Gasteiger partial charge in [0.1, 0.15) is 0 Å². The zero-order chi connectivity index (χ0) is 20.1. The highest BCUT2D eigenvalue weighted by molar-refractivity contribution is 5.25. The summed E-state index contributed by atoms with van der Waals surface area (Å²) in [5, 5.41) is 10.2. The number of aliphatic hydroxyl groups is 1. The van der Waals surface area contributed by atoms with Crippen LogP contribution in [-0.2, 0) is 12.7 Å². The zero-order valence-corrected chi connectivity index (χ0v) is 16.6. The molecule has 1 aromatic rings. The van der Waals surface area contributed by atoms with Crippen LogP contribution in [-0.4, -0.2) is 76.8 Å². The molecule has 0 aliphatic carbocycles. The fourth-order valence-corrected chi connectivity index (χ4v) is 5.41. The van der Waals surface area contributed by atoms with Crippen LogP contribution < -0.4 is 0 Å². The van der Waals surface area contributed by atoms with E-state index in [1.165, 1.54) is 12.1 Å². The minimum absolute atomic E-state index is 0.0706. The number of rotatable bonds is 4. The lowest BCUT2D eigenvalue weighted by molar-refractivity contribution is -0.137. The number of likely N-dealkylation sites (tertiary alicyclic amines) is 1. The quantitative estimate of drug-likeness (QED) is 0.846. The Labute approximate surface area is 164 Å². The van der Waals surface area contributed by atoms with Gasteiger partial charge in [0.2, 0.25) is 0 Å². The molecule has 0 bridgehead atoms. The van der Waals surface area contributed by atoms with Gasteiger partial charge in [-0.2, -0.15) is 13.2 Å². The van der Waals surface area contributed by atoms with Gasteiger partial charge in [-0.1, -0.05) is 26.0 Å². The molecule has 2 atom stereocenters. The summed E-state index contributed by atoms with van der Waals surface area (Å²) in [5.74, 6) is 0.609. The smallest absolute Gasteiger partial charge is 0.392 e. The average molecular weight is 397 g/mol. The van der Waals surface area contributed by atoms with E-state index in [0.717, 1.165) is 51.3 Å². The molecule has 4 nitrogen and oxygen atoms in total. The molecule has 3 saturated heterocycles. The third-order valence-electron chi connectivity index (χ3n) is 6.34. The van der Waals surface area contributed by atoms with Crippen LogP contribution in [0.1, 0.15) is 31.4 Å². The average Bonchev–Trinajstić information content (AvgIpc) is 2.93. The predicted molar refractivity (Wildman–Crippen MR) is 102 cm³/mol. The summed E-state index contributed by atoms with van der Waals surface area (Å²) >= 11 is 0. The van der Waals surface area contributed by atoms with Gasteiger partial charge in [0.25, 0.3) is 0 Å². The fourth-order valence-electron chi connectivity index (χ4n) is 5.41. The molecule has 3 aliphatic heterocycles. The lowest BCUT2D eigenvalue weighted by Gasteiger charge is -2.61. The molecule has 1 N–H and O–H groups in total. The van der Waals surface area contributed by atoms with Crippen LogP contribution in [0, 0.1) is 5.92 Å². The Morgan fingerprint density at radius 2 is 1.71 bits per heavy atom. The van der Waals surface area contributed by atoms with Gasteiger partial charge in [-0.05, 0) is 30.0 Å². The van der Waals surface area contributed by atoms with Crippen molar-refractivity contribution in [1.82, 2.24) is 14.7 Å². The first kappa shape index (κ1) is 20.1. The number of β-amino-alcohol motifs (C(OH)–C–C–N with tert-alkyl or cyclic N) is 1. The second-order valence-corrected chi connectivity index (χ2v) is 9.35. The van der Waals surface area contributed by atoms with Gasteiger partial charge in [-0.15, -0.1) is 0 Å². The lowest BCUT2D eigenvalue weighted by Crippen LogP contribution is -2.77. The van der Waals surface area contributed by atoms with Gasteiger partial charge in [-0.3, -0.25) is 14.7 Å². The molecule has 28 heavy (non-hydrogen) atoms. The molecule has 4 rings (SSSR count). The number of halogens is 3. The highest BCUT2D eigenvalue weighted by Crippen LogP contribution is 2.39. The van der Waals surface area contributed by atoms with E-state index in [0.29, 0.717) is 18.5 Å². The number of alkyl halides is 3. The molecule has 0 aromatic heterocycles. The number of hydrogen-bond acceptors (Lipinski definition) is 4. The largest absolute Gasteiger partial charge is 0.416 e. The van der Waals surface area contributed by atoms with Gasteiger partial charge in [0.15, 0.2) is 0 Å². The molecular weight excluding hydrogens is 367 g/mol. The third kappa shape index (κ3) is 3.95. The summed E-state index contributed by atoms with van der Waals surface area (Å²) in [7, 11) is 0. The molecule has 0 saturated carbocycles. The van der Waals surface area contributed by atoms with Crippen molar-refractivity contribution >= 4 is 0 Å². The summed E-state index contributed by atoms with van der Waals surface area (Å²) in [6.45, 7) is 10.8. The first-order chi connectivity index (χ1) is 13.1. The van der Waals surface area contributed by atoms with Crippen molar-refractivity contribution in [2.24, 2.45) is 5.92 Å². The Balaban J connectivity index is 1.41. The van der Waals surface area contributed by atoms with Crippen molar-refractivity contribution < 1.29 is 18.3 Å². The monoisotopic (exact) mass is 397 g/mol. The van der Waals surface area contributed by atoms with Crippen molar-refractivity contribution in [2.75, 3.05) is 39.3 Å². The van der Waals surface area contributed by atoms with Gasteiger partial charge in [0, 0.05) is 51.9 Å². The minimum Gasteiger partial charge on any atom is -0.392 e. The van der Waals surface area contributed by atoms with Crippen LogP contribution in [0.4, 0.5) is 13.2 Å². The lowest BCUT2D eigenvalue weighted by atomic mass is 9.83. The number of aliphatic hydroxyl groups excluding tert-OH is 1. The first-order valence-corrected chi connectivity index (χ1v) is 10.2. The molecule has 3 fully saturated rings. The van der Waals surface area contributed by atoms with Crippen LogP contribution in [0.15, 0.2) is 24.3 Å². The highest BCUT2D eigenvalue weighted by Gasteiger charge is 2.55. The van der Waals surface area contributed by atoms with E-state index in [1.807, 2.05) is 0 Å². The van der Waals surface area contributed by atoms with Crippen LogP contribution >= 0.6 is 0 Å². The first-order valence-electron chi connectivity index (χ1n) is 10.2. The Morgan fingerprint density at radius 3 is 2.32 bits per heavy atom. The Hall–Kier alpha value is -1.15. The molecule has 3 heterocycles. The van der Waals surface area contributed by atoms with E-state index in [2.05, 4.69) is 28.5 Å². The van der Waals surface area contributed by atoms with Gasteiger partial charge >= 0.3 is 6.18 Å². The molecule has 0 amide bonds. The number of hydrogen-bond donors (Lipinski definition) is 1. The Kier molecular flexibility index (Phi) is 5.23. The van der Waals surface area contributed by atoms with Gasteiger partial charge in [-0.25, -0.2) is 0 Å². The fraction of sp³-hybridized carbons (Fsp3) is 0.714. The summed E-state index contributed by atoms with van der Waals surface area (Å²) < 4.78 is 38.2. The summed E-state index contributed by atoms with van der Waals surface area (Å²) in [6, 6.07) is 5.92. The van der Waals surface area contributed by atoms with Crippen LogP contribution in [0.5, 0.6) is 0 Å². The maximum Gasteiger partial charge on any atom is 0.416 e. The summed E-state index contributed by atoms with van der Waals surface area (Å²) in [6.07, 6.45) is -3.69. The zero-order valence-electron chi connectivity index (χ0n) is 16.6. The number of nitrogens with zero attached hydrogens (tertiary/aromatic N) is 3. The van der Waals surface area contributed by atoms with E-state index in [9.17, 15) is 18.3 Å². The number of piperazine rings is 1. The van der Waals surface area contributed by atoms with E-state index in [4.69, 9.17) is 0 Å². The maximum atomic E-state index is 12.7. The van der Waals surface area contributed by atoms with Crippen molar-refractivity contribution in [1.29, 1.82) is 0 Å². The van der Waals surface area contributed by atoms with Crippen LogP contribution in [0.25, 0.3) is 0 Å². The molecule has 1 spiro atoms. The van der Waals surface area contributed by atoms with Gasteiger partial charge in [0.05, 0.1) is 17.2 Å². The number of benzene rings is 1. The van der Waals surface area contributed by atoms with Crippen molar-refractivity contribution in [3.05, 3.63) is 35.4 Å². The van der Waals surface area contributed by atoms with E-state index in [1.54, 1.807) is 12.1 Å². The van der Waals surface area contributed by atoms with E-state index in [-0.39, 0.29) is 11.6 Å². The molecule has 2 unspecified atom stereocenters. The molecule has 3 aliphatic rings. The van der Waals surface area contributed by atoms with Crippen molar-refractivity contribution in [3.8, 4) is 0 Å². The minimum atomic E-state index is -4.28. The number of fused-ring (bicyclic) bond motifs is 2.